The van der Waals surface area contributed by atoms with Crippen LogP contribution in [0.3, 0.4) is 0 Å². The Labute approximate surface area is 75.9 Å². The molecule has 5 heteroatoms. The number of nitrogens with one attached hydrogen (secondary N) is 1. The summed E-state index contributed by atoms with van der Waals surface area (Å²) in [6, 6.07) is 0. The molecule has 0 saturated carbocycles. The van der Waals surface area contributed by atoms with Crippen molar-refractivity contribution in [2.75, 3.05) is 0 Å². The van der Waals surface area contributed by atoms with Crippen LogP contribution in [-0.4, -0.2) is 15.4 Å². The van der Waals surface area contributed by atoms with Gasteiger partial charge in [0.1, 0.15) is 0 Å². The number of nitrogens with zero attached hydrogens (tertiary/aromatic N) is 2. The Morgan fingerprint density at radius 1 is 1.83 bits per heavy atom. The first-order valence-corrected chi connectivity index (χ1v) is 4.05. The van der Waals surface area contributed by atoms with Crippen molar-refractivity contribution < 1.29 is 0 Å². The SMILES string of the molecule is CCn1cnc(Cl)c1CC(=N)N. The van der Waals surface area contributed by atoms with Crippen LogP contribution in [0.2, 0.25) is 5.15 Å². The van der Waals surface area contributed by atoms with E-state index in [4.69, 9.17) is 22.7 Å². The number of amidine groups is 1. The van der Waals surface area contributed by atoms with Crippen LogP contribution in [0.4, 0.5) is 0 Å². The van der Waals surface area contributed by atoms with E-state index in [2.05, 4.69) is 4.98 Å². The second-order valence-corrected chi connectivity index (χ2v) is 2.83. The summed E-state index contributed by atoms with van der Waals surface area (Å²) in [4.78, 5) is 3.92. The number of nitrogens with two attached hydrogens (primary N) is 1. The number of halogens is 1. The van der Waals surface area contributed by atoms with E-state index in [1.807, 2.05) is 11.5 Å². The summed E-state index contributed by atoms with van der Waals surface area (Å²) < 4.78 is 1.88. The third-order valence-electron chi connectivity index (χ3n) is 1.59. The maximum absolute atomic E-state index is 7.12. The van der Waals surface area contributed by atoms with Crippen LogP contribution in [0.25, 0.3) is 0 Å². The molecule has 1 heterocycles. The van der Waals surface area contributed by atoms with E-state index >= 15 is 0 Å². The van der Waals surface area contributed by atoms with E-state index in [1.165, 1.54) is 0 Å². The molecule has 0 aliphatic heterocycles. The van der Waals surface area contributed by atoms with Gasteiger partial charge in [-0.15, -0.1) is 0 Å². The lowest BCUT2D eigenvalue weighted by Crippen LogP contribution is -2.15. The Bertz CT molecular complexity index is 292. The summed E-state index contributed by atoms with van der Waals surface area (Å²) in [6.07, 6.45) is 2.02. The van der Waals surface area contributed by atoms with E-state index in [1.54, 1.807) is 6.33 Å². The predicted molar refractivity (Wildman–Crippen MR) is 48.5 cm³/mol. The van der Waals surface area contributed by atoms with Gasteiger partial charge in [0.05, 0.1) is 17.9 Å². The number of imidazole rings is 1. The number of hydrogen-bond donors (Lipinski definition) is 2. The average Bonchev–Trinajstić information content (AvgIpc) is 2.32. The van der Waals surface area contributed by atoms with Gasteiger partial charge in [-0.2, -0.15) is 0 Å². The lowest BCUT2D eigenvalue weighted by Gasteiger charge is -2.03. The molecule has 4 nitrogen and oxygen atoms in total. The van der Waals surface area contributed by atoms with Gasteiger partial charge in [-0.05, 0) is 6.92 Å². The molecule has 0 fully saturated rings. The van der Waals surface area contributed by atoms with Crippen molar-refractivity contribution in [2.24, 2.45) is 5.73 Å². The van der Waals surface area contributed by atoms with Crippen LogP contribution in [-0.2, 0) is 13.0 Å². The van der Waals surface area contributed by atoms with Gasteiger partial charge in [-0.1, -0.05) is 11.6 Å². The average molecular weight is 187 g/mol. The zero-order valence-corrected chi connectivity index (χ0v) is 7.60. The summed E-state index contributed by atoms with van der Waals surface area (Å²) in [5, 5.41) is 7.55. The quantitative estimate of drug-likeness (QED) is 0.547. The first kappa shape index (κ1) is 9.06. The van der Waals surface area contributed by atoms with Crippen LogP contribution in [0, 0.1) is 5.41 Å². The third kappa shape index (κ3) is 1.76. The molecule has 0 unspecified atom stereocenters. The van der Waals surface area contributed by atoms with Crippen LogP contribution >= 0.6 is 11.6 Å². The summed E-state index contributed by atoms with van der Waals surface area (Å²) in [6.45, 7) is 2.78. The van der Waals surface area contributed by atoms with Gasteiger partial charge >= 0.3 is 0 Å². The number of rotatable bonds is 3. The maximum Gasteiger partial charge on any atom is 0.150 e. The first-order chi connectivity index (χ1) is 5.65. The number of hydrogen-bond acceptors (Lipinski definition) is 2. The molecule has 0 amide bonds. The highest BCUT2D eigenvalue weighted by Gasteiger charge is 2.08. The highest BCUT2D eigenvalue weighted by molar-refractivity contribution is 6.30. The molecule has 0 bridgehead atoms. The second-order valence-electron chi connectivity index (χ2n) is 2.47. The molecule has 1 rings (SSSR count). The molecular formula is C7H11ClN4. The Hall–Kier alpha value is -1.03. The fourth-order valence-electron chi connectivity index (χ4n) is 1.01. The molecule has 0 saturated heterocycles. The molecule has 0 radical (unpaired) electrons. The van der Waals surface area contributed by atoms with E-state index in [0.717, 1.165) is 12.2 Å². The first-order valence-electron chi connectivity index (χ1n) is 3.67. The van der Waals surface area contributed by atoms with Gasteiger partial charge in [-0.25, -0.2) is 4.98 Å². The number of aromatic nitrogens is 2. The highest BCUT2D eigenvalue weighted by atomic mass is 35.5. The largest absolute Gasteiger partial charge is 0.387 e. The summed E-state index contributed by atoms with van der Waals surface area (Å²) in [5.74, 6) is 0.104. The van der Waals surface area contributed by atoms with Gasteiger partial charge in [0.15, 0.2) is 5.15 Å². The van der Waals surface area contributed by atoms with Crippen molar-refractivity contribution in [2.45, 2.75) is 19.9 Å². The minimum atomic E-state index is 0.104. The Kier molecular flexibility index (Phi) is 2.70. The Morgan fingerprint density at radius 2 is 2.50 bits per heavy atom. The van der Waals surface area contributed by atoms with Crippen LogP contribution in [0.1, 0.15) is 12.6 Å². The van der Waals surface area contributed by atoms with E-state index in [0.29, 0.717) is 11.6 Å². The summed E-state index contributed by atoms with van der Waals surface area (Å²) in [5.41, 5.74) is 6.07. The van der Waals surface area contributed by atoms with Crippen molar-refractivity contribution in [3.05, 3.63) is 17.2 Å². The minimum absolute atomic E-state index is 0.104. The molecule has 12 heavy (non-hydrogen) atoms. The third-order valence-corrected chi connectivity index (χ3v) is 1.91. The second kappa shape index (κ2) is 3.58. The molecule has 0 atom stereocenters. The van der Waals surface area contributed by atoms with E-state index in [-0.39, 0.29) is 5.84 Å². The summed E-state index contributed by atoms with van der Waals surface area (Å²) >= 11 is 5.78. The molecule has 3 N–H and O–H groups in total. The maximum atomic E-state index is 7.12. The van der Waals surface area contributed by atoms with E-state index in [9.17, 15) is 0 Å². The Morgan fingerprint density at radius 3 is 3.00 bits per heavy atom. The Balaban J connectivity index is 2.94. The smallest absolute Gasteiger partial charge is 0.150 e. The van der Waals surface area contributed by atoms with Crippen molar-refractivity contribution >= 4 is 17.4 Å². The van der Waals surface area contributed by atoms with Crippen molar-refractivity contribution in [1.29, 1.82) is 5.41 Å². The zero-order valence-electron chi connectivity index (χ0n) is 6.84. The number of aryl methyl sites for hydroxylation is 1. The van der Waals surface area contributed by atoms with Gasteiger partial charge in [0.2, 0.25) is 0 Å². The molecule has 66 valence electrons. The van der Waals surface area contributed by atoms with Crippen LogP contribution in [0.15, 0.2) is 6.33 Å². The van der Waals surface area contributed by atoms with Crippen molar-refractivity contribution in [1.82, 2.24) is 9.55 Å². The fraction of sp³-hybridized carbons (Fsp3) is 0.429. The molecule has 0 aromatic carbocycles. The van der Waals surface area contributed by atoms with Crippen molar-refractivity contribution in [3.8, 4) is 0 Å². The van der Waals surface area contributed by atoms with Crippen molar-refractivity contribution in [3.63, 3.8) is 0 Å². The van der Waals surface area contributed by atoms with Crippen LogP contribution < -0.4 is 5.73 Å². The molecular weight excluding hydrogens is 176 g/mol. The topological polar surface area (TPSA) is 67.7 Å². The predicted octanol–water partition coefficient (Wildman–Crippen LogP) is 1.03. The van der Waals surface area contributed by atoms with Gasteiger partial charge in [0.25, 0.3) is 0 Å². The normalized spacial score (nSPS) is 10.2. The lowest BCUT2D eigenvalue weighted by atomic mass is 10.3. The lowest BCUT2D eigenvalue weighted by molar-refractivity contribution is 0.729. The van der Waals surface area contributed by atoms with Gasteiger partial charge < -0.3 is 10.3 Å². The molecule has 1 aromatic rings. The standard InChI is InChI=1S/C7H11ClN4/c1-2-12-4-11-7(8)5(12)3-6(9)10/h4H,2-3H2,1H3,(H3,9,10). The fourth-order valence-corrected chi connectivity index (χ4v) is 1.23. The van der Waals surface area contributed by atoms with E-state index < -0.39 is 0 Å². The van der Waals surface area contributed by atoms with Crippen LogP contribution in [0.5, 0.6) is 0 Å². The molecule has 1 aromatic heterocycles. The molecule has 0 aliphatic rings. The molecule has 0 spiro atoms. The summed E-state index contributed by atoms with van der Waals surface area (Å²) in [7, 11) is 0. The van der Waals surface area contributed by atoms with Gasteiger partial charge in [-0.3, -0.25) is 5.41 Å². The zero-order chi connectivity index (χ0) is 9.14. The minimum Gasteiger partial charge on any atom is -0.387 e. The molecule has 0 aliphatic carbocycles. The monoisotopic (exact) mass is 186 g/mol. The van der Waals surface area contributed by atoms with Gasteiger partial charge in [0, 0.05) is 13.0 Å². The highest BCUT2D eigenvalue weighted by Crippen LogP contribution is 2.13.